The third-order valence-electron chi connectivity index (χ3n) is 4.15. The number of rotatable bonds is 6. The highest BCUT2D eigenvalue weighted by atomic mass is 32.1. The average Bonchev–Trinajstić information content (AvgIpc) is 2.65. The fraction of sp³-hybridized carbons (Fsp3) is 0.300. The Bertz CT molecular complexity index is 686. The quantitative estimate of drug-likeness (QED) is 0.538. The van der Waals surface area contributed by atoms with Gasteiger partial charge in [0.1, 0.15) is 0 Å². The van der Waals surface area contributed by atoms with Crippen molar-refractivity contribution in [1.29, 1.82) is 0 Å². The summed E-state index contributed by atoms with van der Waals surface area (Å²) in [6.45, 7) is 4.38. The van der Waals surface area contributed by atoms with Crippen molar-refractivity contribution in [2.45, 2.75) is 39.0 Å². The highest BCUT2D eigenvalue weighted by Crippen LogP contribution is 2.20. The fourth-order valence-corrected chi connectivity index (χ4v) is 2.55. The number of anilines is 1. The summed E-state index contributed by atoms with van der Waals surface area (Å²) in [6.07, 6.45) is 2.22. The summed E-state index contributed by atoms with van der Waals surface area (Å²) in [5, 5.41) is 3.43. The van der Waals surface area contributed by atoms with Crippen LogP contribution < -0.4 is 16.2 Å². The molecule has 0 fully saturated rings. The Labute approximate surface area is 155 Å². The van der Waals surface area contributed by atoms with E-state index >= 15 is 0 Å². The van der Waals surface area contributed by atoms with E-state index in [9.17, 15) is 4.79 Å². The molecule has 0 aliphatic carbocycles. The number of amides is 1. The Hall–Kier alpha value is -2.40. The first-order valence-electron chi connectivity index (χ1n) is 8.58. The van der Waals surface area contributed by atoms with Gasteiger partial charge in [0, 0.05) is 12.1 Å². The molecule has 1 amide bonds. The molecule has 0 spiro atoms. The van der Waals surface area contributed by atoms with E-state index in [4.69, 9.17) is 12.2 Å². The minimum Gasteiger partial charge on any atom is -0.331 e. The van der Waals surface area contributed by atoms with E-state index in [0.717, 1.165) is 17.7 Å². The molecule has 4 nitrogen and oxygen atoms in total. The van der Waals surface area contributed by atoms with Crippen LogP contribution in [0.4, 0.5) is 5.69 Å². The van der Waals surface area contributed by atoms with Gasteiger partial charge in [-0.1, -0.05) is 56.3 Å². The van der Waals surface area contributed by atoms with Gasteiger partial charge in [-0.3, -0.25) is 15.6 Å². The standard InChI is InChI=1S/C20H25N3OS/c1-3-15(2)17-10-12-18(13-11-17)21-20(25)23-22-19(24)14-9-16-7-5-4-6-8-16/h4-8,10-13,15H,3,9,14H2,1-2H3,(H,22,24)(H2,21,23,25). The smallest absolute Gasteiger partial charge is 0.238 e. The van der Waals surface area contributed by atoms with Crippen LogP contribution in [-0.4, -0.2) is 11.0 Å². The molecule has 0 aromatic heterocycles. The maximum absolute atomic E-state index is 11.9. The maximum atomic E-state index is 11.9. The van der Waals surface area contributed by atoms with Gasteiger partial charge in [-0.15, -0.1) is 0 Å². The van der Waals surface area contributed by atoms with Crippen molar-refractivity contribution < 1.29 is 4.79 Å². The second-order valence-electron chi connectivity index (χ2n) is 6.04. The molecule has 0 saturated carbocycles. The Morgan fingerprint density at radius 2 is 1.72 bits per heavy atom. The molecule has 3 N–H and O–H groups in total. The number of aryl methyl sites for hydroxylation is 1. The van der Waals surface area contributed by atoms with Crippen LogP contribution in [0.3, 0.4) is 0 Å². The normalized spacial score (nSPS) is 11.4. The van der Waals surface area contributed by atoms with E-state index < -0.39 is 0 Å². The average molecular weight is 356 g/mol. The van der Waals surface area contributed by atoms with Gasteiger partial charge in [0.05, 0.1) is 0 Å². The highest BCUT2D eigenvalue weighted by Gasteiger charge is 2.05. The van der Waals surface area contributed by atoms with E-state index in [1.807, 2.05) is 42.5 Å². The molecule has 132 valence electrons. The lowest BCUT2D eigenvalue weighted by atomic mass is 9.99. The first kappa shape index (κ1) is 18.9. The summed E-state index contributed by atoms with van der Waals surface area (Å²) in [7, 11) is 0. The van der Waals surface area contributed by atoms with Crippen molar-refractivity contribution in [3.63, 3.8) is 0 Å². The fourth-order valence-electron chi connectivity index (χ4n) is 2.38. The molecule has 1 atom stereocenters. The summed E-state index contributed by atoms with van der Waals surface area (Å²) < 4.78 is 0. The van der Waals surface area contributed by atoms with E-state index in [1.165, 1.54) is 5.56 Å². The van der Waals surface area contributed by atoms with E-state index in [-0.39, 0.29) is 5.91 Å². The largest absolute Gasteiger partial charge is 0.331 e. The first-order valence-corrected chi connectivity index (χ1v) is 8.99. The predicted molar refractivity (Wildman–Crippen MR) is 107 cm³/mol. The molecule has 1 unspecified atom stereocenters. The van der Waals surface area contributed by atoms with Crippen molar-refractivity contribution in [2.24, 2.45) is 0 Å². The van der Waals surface area contributed by atoms with Gasteiger partial charge in [-0.2, -0.15) is 0 Å². The van der Waals surface area contributed by atoms with Gasteiger partial charge in [-0.25, -0.2) is 0 Å². The van der Waals surface area contributed by atoms with Crippen molar-refractivity contribution in [2.75, 3.05) is 5.32 Å². The number of hydrogen-bond donors (Lipinski definition) is 3. The van der Waals surface area contributed by atoms with Gasteiger partial charge < -0.3 is 5.32 Å². The van der Waals surface area contributed by atoms with Crippen LogP contribution in [0.1, 0.15) is 43.7 Å². The molecule has 2 aromatic carbocycles. The predicted octanol–water partition coefficient (Wildman–Crippen LogP) is 4.15. The Morgan fingerprint density at radius 1 is 1.04 bits per heavy atom. The van der Waals surface area contributed by atoms with Gasteiger partial charge in [0.25, 0.3) is 0 Å². The van der Waals surface area contributed by atoms with E-state index in [0.29, 0.717) is 23.9 Å². The van der Waals surface area contributed by atoms with Crippen molar-refractivity contribution >= 4 is 28.9 Å². The minimum atomic E-state index is -0.0971. The molecule has 0 saturated heterocycles. The van der Waals surface area contributed by atoms with Gasteiger partial charge in [0.2, 0.25) is 5.91 Å². The number of thiocarbonyl (C=S) groups is 1. The summed E-state index contributed by atoms with van der Waals surface area (Å²) >= 11 is 5.20. The molecule has 5 heteroatoms. The van der Waals surface area contributed by atoms with Crippen LogP contribution in [0.15, 0.2) is 54.6 Å². The van der Waals surface area contributed by atoms with Crippen molar-refractivity contribution in [3.8, 4) is 0 Å². The lowest BCUT2D eigenvalue weighted by Crippen LogP contribution is -2.43. The van der Waals surface area contributed by atoms with Crippen LogP contribution in [0, 0.1) is 0 Å². The molecule has 0 radical (unpaired) electrons. The molecular formula is C20H25N3OS. The van der Waals surface area contributed by atoms with E-state index in [1.54, 1.807) is 0 Å². The lowest BCUT2D eigenvalue weighted by Gasteiger charge is -2.13. The first-order chi connectivity index (χ1) is 12.1. The zero-order valence-electron chi connectivity index (χ0n) is 14.7. The number of hydrazine groups is 1. The summed E-state index contributed by atoms with van der Waals surface area (Å²) in [6, 6.07) is 18.1. The van der Waals surface area contributed by atoms with Crippen LogP contribution in [0.5, 0.6) is 0 Å². The number of carbonyl (C=O) groups excluding carboxylic acids is 1. The lowest BCUT2D eigenvalue weighted by molar-refractivity contribution is -0.121. The highest BCUT2D eigenvalue weighted by molar-refractivity contribution is 7.80. The summed E-state index contributed by atoms with van der Waals surface area (Å²) in [5.41, 5.74) is 8.69. The number of benzene rings is 2. The molecule has 0 aliphatic heterocycles. The van der Waals surface area contributed by atoms with Gasteiger partial charge in [0.15, 0.2) is 5.11 Å². The van der Waals surface area contributed by atoms with Crippen LogP contribution in [0.25, 0.3) is 0 Å². The summed E-state index contributed by atoms with van der Waals surface area (Å²) in [5.74, 6) is 0.447. The second-order valence-corrected chi connectivity index (χ2v) is 6.45. The molecule has 0 aliphatic rings. The third kappa shape index (κ3) is 6.55. The Kier molecular flexibility index (Phi) is 7.41. The Balaban J connectivity index is 1.72. The minimum absolute atomic E-state index is 0.0971. The maximum Gasteiger partial charge on any atom is 0.238 e. The van der Waals surface area contributed by atoms with E-state index in [2.05, 4.69) is 42.1 Å². The van der Waals surface area contributed by atoms with Crippen molar-refractivity contribution in [3.05, 3.63) is 65.7 Å². The molecule has 25 heavy (non-hydrogen) atoms. The Morgan fingerprint density at radius 3 is 2.36 bits per heavy atom. The second kappa shape index (κ2) is 9.79. The van der Waals surface area contributed by atoms with Crippen LogP contribution >= 0.6 is 12.2 Å². The monoisotopic (exact) mass is 355 g/mol. The molecule has 2 rings (SSSR count). The molecular weight excluding hydrogens is 330 g/mol. The third-order valence-corrected chi connectivity index (χ3v) is 4.35. The summed E-state index contributed by atoms with van der Waals surface area (Å²) in [4.78, 5) is 11.9. The van der Waals surface area contributed by atoms with Crippen LogP contribution in [0.2, 0.25) is 0 Å². The van der Waals surface area contributed by atoms with Crippen LogP contribution in [-0.2, 0) is 11.2 Å². The number of carbonyl (C=O) groups is 1. The molecule has 0 bridgehead atoms. The zero-order chi connectivity index (χ0) is 18.1. The number of nitrogens with one attached hydrogen (secondary N) is 3. The topological polar surface area (TPSA) is 53.2 Å². The molecule has 0 heterocycles. The van der Waals surface area contributed by atoms with Gasteiger partial charge in [-0.05, 0) is 54.2 Å². The number of hydrogen-bond acceptors (Lipinski definition) is 2. The zero-order valence-corrected chi connectivity index (χ0v) is 15.5. The SMILES string of the molecule is CCC(C)c1ccc(NC(=S)NNC(=O)CCc2ccccc2)cc1. The van der Waals surface area contributed by atoms with Gasteiger partial charge >= 0.3 is 0 Å². The molecule has 2 aromatic rings. The van der Waals surface area contributed by atoms with Crippen molar-refractivity contribution in [1.82, 2.24) is 10.9 Å².